The number of carbonyl (C=O) groups excluding carboxylic acids is 2. The molecule has 42 heavy (non-hydrogen) atoms. The lowest BCUT2D eigenvalue weighted by Gasteiger charge is -2.43. The molecule has 2 unspecified atom stereocenters. The Labute approximate surface area is 243 Å². The van der Waals surface area contributed by atoms with Crippen molar-refractivity contribution < 1.29 is 50.1 Å². The van der Waals surface area contributed by atoms with Gasteiger partial charge in [0.15, 0.2) is 11.5 Å². The highest BCUT2D eigenvalue weighted by Gasteiger charge is 2.41. The van der Waals surface area contributed by atoms with Gasteiger partial charge in [0.25, 0.3) is 0 Å². The van der Waals surface area contributed by atoms with Gasteiger partial charge in [0.1, 0.15) is 0 Å². The number of nitrogens with one attached hydrogen (secondary N) is 1. The average molecular weight is 626 g/mol. The predicted molar refractivity (Wildman–Crippen MR) is 142 cm³/mol. The Hall–Kier alpha value is -3.55. The molecule has 8 nitrogen and oxygen atoms in total. The lowest BCUT2D eigenvalue weighted by molar-refractivity contribution is -0.143. The first-order valence-electron chi connectivity index (χ1n) is 12.8. The van der Waals surface area contributed by atoms with Crippen LogP contribution in [0.1, 0.15) is 48.6 Å². The maximum atomic E-state index is 13.6. The van der Waals surface area contributed by atoms with Gasteiger partial charge >= 0.3 is 24.5 Å². The molecule has 1 aliphatic rings. The molecule has 0 aliphatic carbocycles. The van der Waals surface area contributed by atoms with Gasteiger partial charge in [-0.15, -0.1) is 11.6 Å². The van der Waals surface area contributed by atoms with E-state index in [0.29, 0.717) is 17.7 Å². The number of alkyl halides is 7. The van der Waals surface area contributed by atoms with Gasteiger partial charge in [0.2, 0.25) is 0 Å². The Kier molecular flexibility index (Phi) is 10.3. The van der Waals surface area contributed by atoms with E-state index < -0.39 is 59.8 Å². The van der Waals surface area contributed by atoms with Crippen LogP contribution >= 0.6 is 11.6 Å². The summed E-state index contributed by atoms with van der Waals surface area (Å²) in [7, 11) is 2.74. The SMILES string of the molecule is CCOC(=O)N1c2cc(OC)c(OC)cc2C(N(Cc2cc(C(F)(F)F)cc(C(F)(F)F)c2)C(=O)NCCCl)CC1C. The van der Waals surface area contributed by atoms with E-state index in [-0.39, 0.29) is 48.7 Å². The second kappa shape index (κ2) is 13.2. The number of carbonyl (C=O) groups is 2. The van der Waals surface area contributed by atoms with Crippen LogP contribution in [0.5, 0.6) is 11.5 Å². The van der Waals surface area contributed by atoms with Crippen molar-refractivity contribution >= 4 is 29.4 Å². The molecule has 0 radical (unpaired) electrons. The third-order valence-electron chi connectivity index (χ3n) is 6.63. The van der Waals surface area contributed by atoms with Gasteiger partial charge in [-0.05, 0) is 50.1 Å². The van der Waals surface area contributed by atoms with Crippen LogP contribution in [0, 0.1) is 0 Å². The topological polar surface area (TPSA) is 80.3 Å². The van der Waals surface area contributed by atoms with Gasteiger partial charge in [-0.2, -0.15) is 26.3 Å². The Morgan fingerprint density at radius 1 is 1.00 bits per heavy atom. The number of benzene rings is 2. The highest BCUT2D eigenvalue weighted by atomic mass is 35.5. The summed E-state index contributed by atoms with van der Waals surface area (Å²) in [6.45, 7) is 2.70. The van der Waals surface area contributed by atoms with Crippen molar-refractivity contribution in [2.45, 2.75) is 51.2 Å². The number of hydrogen-bond donors (Lipinski definition) is 1. The van der Waals surface area contributed by atoms with E-state index in [1.165, 1.54) is 31.3 Å². The number of fused-ring (bicyclic) bond motifs is 1. The number of urea groups is 1. The quantitative estimate of drug-likeness (QED) is 0.253. The van der Waals surface area contributed by atoms with Crippen LogP contribution in [0.2, 0.25) is 0 Å². The lowest BCUT2D eigenvalue weighted by Crippen LogP contribution is -2.49. The fourth-order valence-corrected chi connectivity index (χ4v) is 4.90. The second-order valence-electron chi connectivity index (χ2n) is 9.40. The van der Waals surface area contributed by atoms with Crippen molar-refractivity contribution in [2.75, 3.05) is 38.2 Å². The molecule has 0 spiro atoms. The number of amides is 3. The van der Waals surface area contributed by atoms with Gasteiger partial charge in [0, 0.05) is 36.6 Å². The van der Waals surface area contributed by atoms with E-state index in [4.69, 9.17) is 25.8 Å². The molecule has 0 saturated heterocycles. The van der Waals surface area contributed by atoms with Crippen LogP contribution in [-0.2, 0) is 23.6 Å². The summed E-state index contributed by atoms with van der Waals surface area (Å²) in [5.41, 5.74) is -2.81. The molecule has 0 fully saturated rings. The molecule has 2 aromatic rings. The molecule has 232 valence electrons. The molecular formula is C27H30ClF6N3O5. The molecule has 0 saturated carbocycles. The first-order chi connectivity index (χ1) is 19.7. The molecule has 1 aliphatic heterocycles. The molecule has 1 heterocycles. The Morgan fingerprint density at radius 3 is 2.07 bits per heavy atom. The molecule has 0 aromatic heterocycles. The minimum atomic E-state index is -5.07. The van der Waals surface area contributed by atoms with Crippen LogP contribution in [-0.4, -0.2) is 56.3 Å². The van der Waals surface area contributed by atoms with Crippen LogP contribution in [0.3, 0.4) is 0 Å². The average Bonchev–Trinajstić information content (AvgIpc) is 2.92. The van der Waals surface area contributed by atoms with Gasteiger partial charge in [-0.3, -0.25) is 4.90 Å². The zero-order valence-electron chi connectivity index (χ0n) is 23.2. The van der Waals surface area contributed by atoms with Gasteiger partial charge < -0.3 is 24.4 Å². The largest absolute Gasteiger partial charge is 0.493 e. The zero-order chi connectivity index (χ0) is 31.4. The summed E-state index contributed by atoms with van der Waals surface area (Å²) in [5, 5.41) is 2.54. The summed E-state index contributed by atoms with van der Waals surface area (Å²) in [4.78, 5) is 28.8. The smallest absolute Gasteiger partial charge is 0.416 e. The molecular weight excluding hydrogens is 596 g/mol. The fourth-order valence-electron chi connectivity index (χ4n) is 4.81. The second-order valence-corrected chi connectivity index (χ2v) is 9.78. The molecule has 2 aromatic carbocycles. The number of anilines is 1. The minimum Gasteiger partial charge on any atom is -0.493 e. The van der Waals surface area contributed by atoms with Crippen molar-refractivity contribution in [1.29, 1.82) is 0 Å². The maximum absolute atomic E-state index is 13.6. The number of methoxy groups -OCH3 is 2. The summed E-state index contributed by atoms with van der Waals surface area (Å²) in [6, 6.07) is 1.83. The third kappa shape index (κ3) is 7.26. The molecule has 3 rings (SSSR count). The minimum absolute atomic E-state index is 0.000670. The van der Waals surface area contributed by atoms with Crippen LogP contribution in [0.25, 0.3) is 0 Å². The Bertz CT molecular complexity index is 1260. The number of nitrogens with zero attached hydrogens (tertiary/aromatic N) is 2. The van der Waals surface area contributed by atoms with Crippen molar-refractivity contribution in [1.82, 2.24) is 10.2 Å². The Balaban J connectivity index is 2.22. The first kappa shape index (κ1) is 33.0. The number of ether oxygens (including phenoxy) is 3. The van der Waals surface area contributed by atoms with E-state index in [9.17, 15) is 35.9 Å². The number of rotatable bonds is 8. The van der Waals surface area contributed by atoms with Gasteiger partial charge in [-0.1, -0.05) is 0 Å². The van der Waals surface area contributed by atoms with Crippen molar-refractivity contribution in [3.8, 4) is 11.5 Å². The van der Waals surface area contributed by atoms with E-state index in [1.54, 1.807) is 13.8 Å². The lowest BCUT2D eigenvalue weighted by atomic mass is 9.89. The highest BCUT2D eigenvalue weighted by Crippen LogP contribution is 2.47. The highest BCUT2D eigenvalue weighted by molar-refractivity contribution is 6.18. The van der Waals surface area contributed by atoms with E-state index in [2.05, 4.69) is 5.32 Å². The first-order valence-corrected chi connectivity index (χ1v) is 13.3. The summed E-state index contributed by atoms with van der Waals surface area (Å²) < 4.78 is 97.5. The standard InChI is InChI=1S/C27H30ClF6N3O5/c1-5-42-25(39)37-15(2)8-20(19-12-22(40-3)23(41-4)13-21(19)37)36(24(38)35-7-6-28)14-16-9-17(26(29,30)31)11-18(10-16)27(32,33)34/h9-13,15,20H,5-8,14H2,1-4H3,(H,35,38). The molecule has 1 N–H and O–H groups in total. The molecule has 3 amide bonds. The predicted octanol–water partition coefficient (Wildman–Crippen LogP) is 6.99. The van der Waals surface area contributed by atoms with Crippen molar-refractivity contribution in [2.24, 2.45) is 0 Å². The van der Waals surface area contributed by atoms with Crippen molar-refractivity contribution in [3.05, 3.63) is 52.6 Å². The Morgan fingerprint density at radius 2 is 1.57 bits per heavy atom. The number of halogens is 7. The molecule has 0 bridgehead atoms. The van der Waals surface area contributed by atoms with E-state index in [1.807, 2.05) is 0 Å². The number of hydrogen-bond acceptors (Lipinski definition) is 5. The van der Waals surface area contributed by atoms with Gasteiger partial charge in [-0.25, -0.2) is 9.59 Å². The summed E-state index contributed by atoms with van der Waals surface area (Å²) in [6.07, 6.45) is -10.8. The maximum Gasteiger partial charge on any atom is 0.416 e. The summed E-state index contributed by atoms with van der Waals surface area (Å²) >= 11 is 5.73. The normalized spacial score (nSPS) is 16.9. The monoisotopic (exact) mass is 625 g/mol. The van der Waals surface area contributed by atoms with Crippen molar-refractivity contribution in [3.63, 3.8) is 0 Å². The zero-order valence-corrected chi connectivity index (χ0v) is 23.9. The molecule has 2 atom stereocenters. The van der Waals surface area contributed by atoms with Gasteiger partial charge in [0.05, 0.1) is 43.7 Å². The summed E-state index contributed by atoms with van der Waals surface area (Å²) in [5.74, 6) is 0.462. The van der Waals surface area contributed by atoms with E-state index >= 15 is 0 Å². The van der Waals surface area contributed by atoms with E-state index in [0.717, 1.165) is 4.90 Å². The fraction of sp³-hybridized carbons (Fsp3) is 0.481. The third-order valence-corrected chi connectivity index (χ3v) is 6.82. The molecule has 15 heteroatoms. The van der Waals surface area contributed by atoms with Crippen LogP contribution in [0.4, 0.5) is 41.6 Å². The van der Waals surface area contributed by atoms with Crippen LogP contribution < -0.4 is 19.7 Å². The van der Waals surface area contributed by atoms with Crippen LogP contribution in [0.15, 0.2) is 30.3 Å².